The molecule has 1 aromatic rings. The Morgan fingerprint density at radius 1 is 1.30 bits per heavy atom. The van der Waals surface area contributed by atoms with Gasteiger partial charge in [0.25, 0.3) is 0 Å². The minimum Gasteiger partial charge on any atom is -0.334 e. The second kappa shape index (κ2) is 6.41. The van der Waals surface area contributed by atoms with Crippen LogP contribution in [0.3, 0.4) is 0 Å². The van der Waals surface area contributed by atoms with Crippen LogP contribution >= 0.6 is 0 Å². The number of alkyl halides is 3. The van der Waals surface area contributed by atoms with E-state index in [9.17, 15) is 18.0 Å². The van der Waals surface area contributed by atoms with Crippen LogP contribution in [0.2, 0.25) is 0 Å². The maximum absolute atomic E-state index is 12.3. The van der Waals surface area contributed by atoms with Crippen molar-refractivity contribution in [1.29, 1.82) is 0 Å². The summed E-state index contributed by atoms with van der Waals surface area (Å²) in [6.07, 6.45) is 4.10. The highest BCUT2D eigenvalue weighted by Gasteiger charge is 2.37. The van der Waals surface area contributed by atoms with Gasteiger partial charge < -0.3 is 10.2 Å². The van der Waals surface area contributed by atoms with Gasteiger partial charge in [0.1, 0.15) is 6.54 Å². The van der Waals surface area contributed by atoms with Crippen LogP contribution in [0.4, 0.5) is 18.0 Å². The van der Waals surface area contributed by atoms with Crippen molar-refractivity contribution >= 4 is 6.03 Å². The third kappa shape index (κ3) is 3.97. The lowest BCUT2D eigenvalue weighted by Crippen LogP contribution is -2.46. The van der Waals surface area contributed by atoms with E-state index in [1.54, 1.807) is 0 Å². The van der Waals surface area contributed by atoms with Crippen molar-refractivity contribution in [3.8, 4) is 0 Å². The molecule has 2 amide bonds. The molecular weight excluding hydrogens is 309 g/mol. The monoisotopic (exact) mass is 330 g/mol. The Kier molecular flexibility index (Phi) is 4.50. The summed E-state index contributed by atoms with van der Waals surface area (Å²) < 4.78 is 37.7. The molecular formula is C15H21F3N4O. The number of rotatable bonds is 4. The van der Waals surface area contributed by atoms with Crippen molar-refractivity contribution in [2.24, 2.45) is 5.92 Å². The van der Waals surface area contributed by atoms with E-state index in [0.717, 1.165) is 24.1 Å². The van der Waals surface area contributed by atoms with Crippen LogP contribution in [-0.2, 0) is 13.1 Å². The summed E-state index contributed by atoms with van der Waals surface area (Å²) in [5.74, 6) is 0.623. The molecule has 1 aliphatic heterocycles. The van der Waals surface area contributed by atoms with Crippen molar-refractivity contribution < 1.29 is 18.0 Å². The van der Waals surface area contributed by atoms with Crippen LogP contribution in [0.1, 0.15) is 37.7 Å². The molecule has 128 valence electrons. The van der Waals surface area contributed by atoms with Gasteiger partial charge >= 0.3 is 12.2 Å². The smallest absolute Gasteiger partial charge is 0.334 e. The number of halogens is 3. The first-order valence-corrected chi connectivity index (χ1v) is 8.05. The summed E-state index contributed by atoms with van der Waals surface area (Å²) in [5.41, 5.74) is 0.571. The van der Waals surface area contributed by atoms with Crippen molar-refractivity contribution in [3.05, 3.63) is 18.0 Å². The van der Waals surface area contributed by atoms with Gasteiger partial charge in [-0.2, -0.15) is 18.3 Å². The summed E-state index contributed by atoms with van der Waals surface area (Å²) in [6.45, 7) is -0.151. The van der Waals surface area contributed by atoms with Crippen molar-refractivity contribution in [2.45, 2.75) is 57.4 Å². The first-order valence-electron chi connectivity index (χ1n) is 8.05. The maximum Gasteiger partial charge on any atom is 0.408 e. The Morgan fingerprint density at radius 2 is 2.09 bits per heavy atom. The van der Waals surface area contributed by atoms with Gasteiger partial charge in [-0.05, 0) is 31.6 Å². The maximum atomic E-state index is 12.3. The number of carbonyl (C=O) groups is 1. The Bertz CT molecular complexity index is 553. The molecule has 8 heteroatoms. The third-order valence-electron chi connectivity index (χ3n) is 4.73. The lowest BCUT2D eigenvalue weighted by molar-refractivity contribution is -0.142. The SMILES string of the molecule is O=C(NCc1cnn(CC(F)(F)F)c1)N1CCC[C@@H]1C1CCC1. The first-order chi connectivity index (χ1) is 10.9. The molecule has 1 aromatic heterocycles. The zero-order chi connectivity index (χ0) is 16.4. The summed E-state index contributed by atoms with van der Waals surface area (Å²) in [7, 11) is 0. The third-order valence-corrected chi connectivity index (χ3v) is 4.73. The highest BCUT2D eigenvalue weighted by atomic mass is 19.4. The minimum atomic E-state index is -4.29. The van der Waals surface area contributed by atoms with Crippen molar-refractivity contribution in [2.75, 3.05) is 6.54 Å². The number of hydrogen-bond acceptors (Lipinski definition) is 2. The molecule has 0 aromatic carbocycles. The largest absolute Gasteiger partial charge is 0.408 e. The van der Waals surface area contributed by atoms with E-state index < -0.39 is 12.7 Å². The molecule has 1 aliphatic carbocycles. The highest BCUT2D eigenvalue weighted by molar-refractivity contribution is 5.74. The zero-order valence-corrected chi connectivity index (χ0v) is 12.9. The number of nitrogens with zero attached hydrogens (tertiary/aromatic N) is 3. The van der Waals surface area contributed by atoms with Gasteiger partial charge in [-0.25, -0.2) is 4.79 Å². The Balaban J connectivity index is 1.50. The molecule has 1 saturated heterocycles. The zero-order valence-electron chi connectivity index (χ0n) is 12.9. The summed E-state index contributed by atoms with van der Waals surface area (Å²) >= 11 is 0. The molecule has 0 bridgehead atoms. The van der Waals surface area contributed by atoms with Gasteiger partial charge in [-0.15, -0.1) is 0 Å². The summed E-state index contributed by atoms with van der Waals surface area (Å²) in [4.78, 5) is 14.2. The average molecular weight is 330 g/mol. The van der Waals surface area contributed by atoms with Gasteiger partial charge in [-0.3, -0.25) is 4.68 Å². The fourth-order valence-electron chi connectivity index (χ4n) is 3.41. The van der Waals surface area contributed by atoms with Crippen LogP contribution in [0.25, 0.3) is 0 Å². The number of aromatic nitrogens is 2. The van der Waals surface area contributed by atoms with E-state index in [1.165, 1.54) is 31.7 Å². The predicted octanol–water partition coefficient (Wildman–Crippen LogP) is 2.92. The fraction of sp³-hybridized carbons (Fsp3) is 0.733. The number of urea groups is 1. The molecule has 1 saturated carbocycles. The van der Waals surface area contributed by atoms with Crippen LogP contribution < -0.4 is 5.32 Å². The number of likely N-dealkylation sites (tertiary alicyclic amines) is 1. The van der Waals surface area contributed by atoms with Crippen molar-refractivity contribution in [1.82, 2.24) is 20.0 Å². The topological polar surface area (TPSA) is 50.2 Å². The molecule has 0 radical (unpaired) electrons. The Hall–Kier alpha value is -1.73. The van der Waals surface area contributed by atoms with E-state index in [1.807, 2.05) is 4.90 Å². The van der Waals surface area contributed by atoms with E-state index >= 15 is 0 Å². The van der Waals surface area contributed by atoms with Crippen LogP contribution in [0.15, 0.2) is 12.4 Å². The molecule has 0 unspecified atom stereocenters. The fourth-order valence-corrected chi connectivity index (χ4v) is 3.41. The lowest BCUT2D eigenvalue weighted by atomic mass is 9.79. The van der Waals surface area contributed by atoms with Crippen LogP contribution in [-0.4, -0.2) is 39.5 Å². The summed E-state index contributed by atoms with van der Waals surface area (Å²) in [6, 6.07) is 0.208. The quantitative estimate of drug-likeness (QED) is 0.923. The number of carbonyl (C=O) groups excluding carboxylic acids is 1. The molecule has 1 atom stereocenters. The van der Waals surface area contributed by atoms with E-state index in [2.05, 4.69) is 10.4 Å². The molecule has 5 nitrogen and oxygen atoms in total. The molecule has 2 heterocycles. The molecule has 3 rings (SSSR count). The highest BCUT2D eigenvalue weighted by Crippen LogP contribution is 2.37. The summed E-state index contributed by atoms with van der Waals surface area (Å²) in [5, 5.41) is 6.48. The predicted molar refractivity (Wildman–Crippen MR) is 77.6 cm³/mol. The van der Waals surface area contributed by atoms with E-state index in [-0.39, 0.29) is 12.6 Å². The standard InChI is InChI=1S/C15H21F3N4O/c16-15(17,18)10-21-9-11(8-20-21)7-19-14(23)22-6-2-5-13(22)12-3-1-4-12/h8-9,12-13H,1-7,10H2,(H,19,23)/t13-/m1/s1. The Morgan fingerprint density at radius 3 is 2.74 bits per heavy atom. The molecule has 1 N–H and O–H groups in total. The molecule has 2 aliphatic rings. The van der Waals surface area contributed by atoms with Gasteiger partial charge in [0, 0.05) is 30.9 Å². The second-order valence-corrected chi connectivity index (χ2v) is 6.41. The average Bonchev–Trinajstić information content (AvgIpc) is 3.02. The molecule has 23 heavy (non-hydrogen) atoms. The molecule has 0 spiro atoms. The van der Waals surface area contributed by atoms with E-state index in [0.29, 0.717) is 17.5 Å². The normalized spacial score (nSPS) is 22.2. The minimum absolute atomic E-state index is 0.122. The van der Waals surface area contributed by atoms with Crippen LogP contribution in [0, 0.1) is 5.92 Å². The van der Waals surface area contributed by atoms with E-state index in [4.69, 9.17) is 0 Å². The molecule has 2 fully saturated rings. The Labute approximate surface area is 132 Å². The number of nitrogens with one attached hydrogen (secondary N) is 1. The second-order valence-electron chi connectivity index (χ2n) is 6.41. The van der Waals surface area contributed by atoms with Gasteiger partial charge in [-0.1, -0.05) is 6.42 Å². The number of hydrogen-bond donors (Lipinski definition) is 1. The van der Waals surface area contributed by atoms with Gasteiger partial charge in [0.15, 0.2) is 0 Å². The van der Waals surface area contributed by atoms with Crippen molar-refractivity contribution in [3.63, 3.8) is 0 Å². The van der Waals surface area contributed by atoms with Gasteiger partial charge in [0.2, 0.25) is 0 Å². The van der Waals surface area contributed by atoms with Gasteiger partial charge in [0.05, 0.1) is 6.20 Å². The van der Waals surface area contributed by atoms with Crippen LogP contribution in [0.5, 0.6) is 0 Å². The first kappa shape index (κ1) is 16.1. The number of amides is 2. The lowest BCUT2D eigenvalue weighted by Gasteiger charge is -2.36.